The molecule has 4 rings (SSSR count). The minimum atomic E-state index is -0.426. The van der Waals surface area contributed by atoms with Crippen LogP contribution in [0.4, 0.5) is 17.1 Å². The van der Waals surface area contributed by atoms with E-state index in [1.165, 1.54) is 12.1 Å². The molecule has 27 heavy (non-hydrogen) atoms. The van der Waals surface area contributed by atoms with E-state index in [9.17, 15) is 20.2 Å². The lowest BCUT2D eigenvalue weighted by Gasteiger charge is -2.38. The zero-order chi connectivity index (χ0) is 19.3. The van der Waals surface area contributed by atoms with Gasteiger partial charge in [0, 0.05) is 24.1 Å². The molecule has 0 unspecified atom stereocenters. The van der Waals surface area contributed by atoms with Gasteiger partial charge in [0.25, 0.3) is 11.4 Å². The lowest BCUT2D eigenvalue weighted by atomic mass is 9.74. The highest BCUT2D eigenvalue weighted by Gasteiger charge is 2.41. The van der Waals surface area contributed by atoms with Crippen molar-refractivity contribution in [3.8, 4) is 0 Å². The number of nitrogens with zero attached hydrogens (tertiary/aromatic N) is 2. The fourth-order valence-corrected chi connectivity index (χ4v) is 4.36. The fraction of sp³-hybridized carbons (Fsp3) is 0.300. The summed E-state index contributed by atoms with van der Waals surface area (Å²) in [5.74, 6) is 0.319. The van der Waals surface area contributed by atoms with Crippen molar-refractivity contribution in [3.05, 3.63) is 85.0 Å². The molecule has 1 aliphatic carbocycles. The molecule has 0 amide bonds. The number of anilines is 1. The first-order chi connectivity index (χ1) is 12.9. The molecule has 0 fully saturated rings. The second kappa shape index (κ2) is 6.19. The number of hydrogen-bond donors (Lipinski definition) is 1. The number of nitrogens with one attached hydrogen (secondary N) is 1. The third-order valence-corrected chi connectivity index (χ3v) is 5.81. The van der Waals surface area contributed by atoms with E-state index < -0.39 is 4.92 Å². The van der Waals surface area contributed by atoms with Crippen LogP contribution in [-0.4, -0.2) is 9.85 Å². The first-order valence-electron chi connectivity index (χ1n) is 8.84. The molecule has 1 heterocycles. The molecule has 0 bridgehead atoms. The van der Waals surface area contributed by atoms with Gasteiger partial charge in [0.1, 0.15) is 5.69 Å². The second-order valence-electron chi connectivity index (χ2n) is 7.21. The minimum absolute atomic E-state index is 0.0357. The number of rotatable bonds is 3. The first-order valence-corrected chi connectivity index (χ1v) is 8.84. The summed E-state index contributed by atoms with van der Waals surface area (Å²) in [6.45, 7) is 3.91. The quantitative estimate of drug-likeness (QED) is 0.471. The summed E-state index contributed by atoms with van der Waals surface area (Å²) < 4.78 is 0. The first kappa shape index (κ1) is 17.2. The predicted octanol–water partition coefficient (Wildman–Crippen LogP) is 4.95. The highest BCUT2D eigenvalue weighted by molar-refractivity contribution is 5.74. The summed E-state index contributed by atoms with van der Waals surface area (Å²) in [6.07, 6.45) is 5.12. The van der Waals surface area contributed by atoms with Crippen LogP contribution in [0.2, 0.25) is 0 Å². The lowest BCUT2D eigenvalue weighted by molar-refractivity contribution is -0.384. The SMILES string of the molecule is Cc1cc([N+](=O)[O-])c2c(c1C)[C@@H]1C=CC[C@H]1[C@@H](c1ccc([N+](=O)[O-])cc1)N2. The molecule has 0 radical (unpaired) electrons. The van der Waals surface area contributed by atoms with Crippen molar-refractivity contribution in [2.45, 2.75) is 32.2 Å². The molecule has 1 aliphatic heterocycles. The monoisotopic (exact) mass is 365 g/mol. The number of fused-ring (bicyclic) bond motifs is 3. The van der Waals surface area contributed by atoms with E-state index in [0.717, 1.165) is 28.7 Å². The number of benzene rings is 2. The number of nitro benzene ring substituents is 2. The molecule has 7 heteroatoms. The van der Waals surface area contributed by atoms with Gasteiger partial charge in [-0.15, -0.1) is 0 Å². The maximum Gasteiger partial charge on any atom is 0.292 e. The van der Waals surface area contributed by atoms with E-state index in [0.29, 0.717) is 5.69 Å². The van der Waals surface area contributed by atoms with Crippen LogP contribution in [0.3, 0.4) is 0 Å². The molecule has 0 spiro atoms. The molecule has 2 aromatic carbocycles. The van der Waals surface area contributed by atoms with Gasteiger partial charge in [0.15, 0.2) is 0 Å². The van der Waals surface area contributed by atoms with Gasteiger partial charge in [-0.2, -0.15) is 0 Å². The maximum absolute atomic E-state index is 11.7. The Labute approximate surface area is 156 Å². The van der Waals surface area contributed by atoms with Crippen LogP contribution in [0.1, 0.15) is 40.6 Å². The highest BCUT2D eigenvalue weighted by Crippen LogP contribution is 2.53. The van der Waals surface area contributed by atoms with Crippen molar-refractivity contribution in [1.29, 1.82) is 0 Å². The predicted molar refractivity (Wildman–Crippen MR) is 102 cm³/mol. The Morgan fingerprint density at radius 1 is 1.07 bits per heavy atom. The van der Waals surface area contributed by atoms with Gasteiger partial charge in [-0.1, -0.05) is 24.3 Å². The third-order valence-electron chi connectivity index (χ3n) is 5.81. The Bertz CT molecular complexity index is 982. The number of aryl methyl sites for hydroxylation is 1. The largest absolute Gasteiger partial charge is 0.372 e. The molecular weight excluding hydrogens is 346 g/mol. The van der Waals surface area contributed by atoms with Crippen LogP contribution in [0.5, 0.6) is 0 Å². The van der Waals surface area contributed by atoms with Gasteiger partial charge >= 0.3 is 0 Å². The molecule has 0 aromatic heterocycles. The van der Waals surface area contributed by atoms with Crippen molar-refractivity contribution in [2.24, 2.45) is 5.92 Å². The van der Waals surface area contributed by atoms with Crippen LogP contribution in [0.25, 0.3) is 0 Å². The molecular formula is C20H19N3O4. The second-order valence-corrected chi connectivity index (χ2v) is 7.21. The summed E-state index contributed by atoms with van der Waals surface area (Å²) in [7, 11) is 0. The normalized spacial score (nSPS) is 22.7. The van der Waals surface area contributed by atoms with Crippen LogP contribution in [0, 0.1) is 40.0 Å². The Kier molecular flexibility index (Phi) is 3.95. The summed E-state index contributed by atoms with van der Waals surface area (Å²) in [5, 5.41) is 26.0. The molecule has 1 N–H and O–H groups in total. The van der Waals surface area contributed by atoms with Gasteiger partial charge in [-0.05, 0) is 48.4 Å². The fourth-order valence-electron chi connectivity index (χ4n) is 4.36. The number of hydrogen-bond acceptors (Lipinski definition) is 5. The zero-order valence-corrected chi connectivity index (χ0v) is 15.0. The summed E-state index contributed by atoms with van der Waals surface area (Å²) >= 11 is 0. The molecule has 0 saturated carbocycles. The maximum atomic E-state index is 11.7. The lowest BCUT2D eigenvalue weighted by Crippen LogP contribution is -2.30. The Morgan fingerprint density at radius 2 is 1.78 bits per heavy atom. The summed E-state index contributed by atoms with van der Waals surface area (Å²) in [5.41, 5.74) is 4.57. The van der Waals surface area contributed by atoms with Crippen molar-refractivity contribution in [3.63, 3.8) is 0 Å². The van der Waals surface area contributed by atoms with E-state index in [2.05, 4.69) is 17.5 Å². The van der Waals surface area contributed by atoms with Gasteiger partial charge in [-0.3, -0.25) is 20.2 Å². The highest BCUT2D eigenvalue weighted by atomic mass is 16.6. The van der Waals surface area contributed by atoms with Gasteiger partial charge in [0.2, 0.25) is 0 Å². The number of nitro groups is 2. The van der Waals surface area contributed by atoms with E-state index in [1.807, 2.05) is 13.8 Å². The number of allylic oxidation sites excluding steroid dienone is 2. The Hall–Kier alpha value is -3.22. The zero-order valence-electron chi connectivity index (χ0n) is 15.0. The van der Waals surface area contributed by atoms with E-state index in [4.69, 9.17) is 0 Å². The molecule has 3 atom stereocenters. The standard InChI is InChI=1S/C20H19N3O4/c1-11-10-17(23(26)27)20-18(12(11)2)15-4-3-5-16(15)19(21-20)13-6-8-14(9-7-13)22(24)25/h3-4,6-10,15-16,19,21H,5H2,1-2H3/t15-,16-,19-/m1/s1. The van der Waals surface area contributed by atoms with Gasteiger partial charge < -0.3 is 5.32 Å². The molecule has 2 aromatic rings. The topological polar surface area (TPSA) is 98.3 Å². The summed E-state index contributed by atoms with van der Waals surface area (Å²) in [4.78, 5) is 21.8. The molecule has 2 aliphatic rings. The minimum Gasteiger partial charge on any atom is -0.372 e. The van der Waals surface area contributed by atoms with E-state index in [1.54, 1.807) is 18.2 Å². The average Bonchev–Trinajstić information content (AvgIpc) is 3.13. The molecule has 138 valence electrons. The van der Waals surface area contributed by atoms with Crippen LogP contribution in [-0.2, 0) is 0 Å². The smallest absolute Gasteiger partial charge is 0.292 e. The van der Waals surface area contributed by atoms with Crippen LogP contribution in [0.15, 0.2) is 42.5 Å². The average molecular weight is 365 g/mol. The Balaban J connectivity index is 1.85. The van der Waals surface area contributed by atoms with E-state index >= 15 is 0 Å². The summed E-state index contributed by atoms with van der Waals surface area (Å²) in [6, 6.07) is 7.93. The van der Waals surface area contributed by atoms with Crippen molar-refractivity contribution >= 4 is 17.1 Å². The van der Waals surface area contributed by atoms with Gasteiger partial charge in [0.05, 0.1) is 15.9 Å². The van der Waals surface area contributed by atoms with Crippen LogP contribution >= 0.6 is 0 Å². The van der Waals surface area contributed by atoms with Crippen molar-refractivity contribution in [1.82, 2.24) is 0 Å². The van der Waals surface area contributed by atoms with Crippen molar-refractivity contribution < 1.29 is 9.85 Å². The molecule has 7 nitrogen and oxygen atoms in total. The third kappa shape index (κ3) is 2.66. The molecule has 0 saturated heterocycles. The van der Waals surface area contributed by atoms with Crippen molar-refractivity contribution in [2.75, 3.05) is 5.32 Å². The number of non-ortho nitro benzene ring substituents is 1. The van der Waals surface area contributed by atoms with E-state index in [-0.39, 0.29) is 34.2 Å². The van der Waals surface area contributed by atoms with Crippen LogP contribution < -0.4 is 5.32 Å². The Morgan fingerprint density at radius 3 is 2.41 bits per heavy atom. The van der Waals surface area contributed by atoms with Gasteiger partial charge in [-0.25, -0.2) is 0 Å².